The zero-order valence-corrected chi connectivity index (χ0v) is 25.1. The summed E-state index contributed by atoms with van der Waals surface area (Å²) in [7, 11) is 0. The van der Waals surface area contributed by atoms with E-state index in [0.29, 0.717) is 47.9 Å². The number of morpholine rings is 1. The average Bonchev–Trinajstić information content (AvgIpc) is 3.80. The SMILES string of the molecule is C#Cc1cccc(C2(NC[C@@H](O)[C@H](Cc3cc(F)cc(F)c3)NC(=O)c3cc(N4CCOCC4)nc(CI)n3)CC2)c1. The number of hydrogen-bond acceptors (Lipinski definition) is 7. The molecular weight excluding hydrogens is 655 g/mol. The number of benzene rings is 2. The fraction of sp³-hybridized carbons (Fsp3) is 0.387. The minimum absolute atomic E-state index is 0.00336. The van der Waals surface area contributed by atoms with Crippen LogP contribution in [0.2, 0.25) is 0 Å². The van der Waals surface area contributed by atoms with E-state index in [1.54, 1.807) is 6.07 Å². The lowest BCUT2D eigenvalue weighted by Gasteiger charge is -2.29. The maximum Gasteiger partial charge on any atom is 0.270 e. The number of terminal acetylenes is 1. The summed E-state index contributed by atoms with van der Waals surface area (Å²) < 4.78 is 34.0. The molecule has 1 aliphatic carbocycles. The first-order chi connectivity index (χ1) is 20.3. The van der Waals surface area contributed by atoms with Crippen molar-refractivity contribution in [1.82, 2.24) is 20.6 Å². The summed E-state index contributed by atoms with van der Waals surface area (Å²) >= 11 is 2.14. The van der Waals surface area contributed by atoms with Crippen LogP contribution in [-0.4, -0.2) is 66.0 Å². The number of carbonyl (C=O) groups excluding carboxylic acids is 1. The van der Waals surface area contributed by atoms with Gasteiger partial charge in [-0.2, -0.15) is 0 Å². The Morgan fingerprint density at radius 2 is 1.88 bits per heavy atom. The standard InChI is InChI=1S/C31H32F2IN5O3/c1-2-20-4-3-5-22(12-20)31(6-7-31)35-19-27(40)25(15-21-13-23(32)16-24(33)14-21)37-30(41)26-17-29(38-28(18-34)36-26)39-8-10-42-11-9-39/h1,3-5,12-14,16-17,25,27,35,40H,6-11,15,18-19H2,(H,37,41)/t25-,27+/m0/s1. The molecule has 2 aromatic carbocycles. The minimum Gasteiger partial charge on any atom is -0.390 e. The summed E-state index contributed by atoms with van der Waals surface area (Å²) in [6, 6.07) is 11.6. The highest BCUT2D eigenvalue weighted by Gasteiger charge is 2.44. The Morgan fingerprint density at radius 3 is 2.55 bits per heavy atom. The number of aliphatic hydroxyl groups is 1. The van der Waals surface area contributed by atoms with Crippen molar-refractivity contribution in [3.63, 3.8) is 0 Å². The number of hydrogen-bond donors (Lipinski definition) is 3. The van der Waals surface area contributed by atoms with Gasteiger partial charge in [-0.15, -0.1) is 6.42 Å². The Hall–Kier alpha value is -3.18. The van der Waals surface area contributed by atoms with Crippen LogP contribution in [0.25, 0.3) is 0 Å². The largest absolute Gasteiger partial charge is 0.390 e. The smallest absolute Gasteiger partial charge is 0.270 e. The van der Waals surface area contributed by atoms with E-state index in [1.807, 2.05) is 29.2 Å². The Labute approximate surface area is 257 Å². The number of ether oxygens (including phenoxy) is 1. The van der Waals surface area contributed by atoms with Gasteiger partial charge in [0.2, 0.25) is 0 Å². The van der Waals surface area contributed by atoms with Crippen LogP contribution < -0.4 is 15.5 Å². The Balaban J connectivity index is 1.36. The van der Waals surface area contributed by atoms with E-state index in [2.05, 4.69) is 49.1 Å². The van der Waals surface area contributed by atoms with Crippen LogP contribution in [0.15, 0.2) is 48.5 Å². The van der Waals surface area contributed by atoms with E-state index in [9.17, 15) is 18.7 Å². The molecule has 0 unspecified atom stereocenters. The van der Waals surface area contributed by atoms with E-state index in [4.69, 9.17) is 11.2 Å². The van der Waals surface area contributed by atoms with Crippen LogP contribution in [0.5, 0.6) is 0 Å². The molecule has 1 saturated heterocycles. The number of rotatable bonds is 11. The van der Waals surface area contributed by atoms with Gasteiger partial charge in [0.15, 0.2) is 0 Å². The quantitative estimate of drug-likeness (QED) is 0.161. The van der Waals surface area contributed by atoms with Crippen LogP contribution in [0, 0.1) is 24.0 Å². The van der Waals surface area contributed by atoms with Gasteiger partial charge in [0.05, 0.1) is 29.8 Å². The molecule has 220 valence electrons. The van der Waals surface area contributed by atoms with Crippen molar-refractivity contribution in [3.05, 3.63) is 88.4 Å². The number of nitrogens with zero attached hydrogens (tertiary/aromatic N) is 3. The normalized spacial score (nSPS) is 17.3. The zero-order valence-electron chi connectivity index (χ0n) is 23.0. The van der Waals surface area contributed by atoms with E-state index in [0.717, 1.165) is 30.0 Å². The number of nitrogens with one attached hydrogen (secondary N) is 2. The van der Waals surface area contributed by atoms with Crippen molar-refractivity contribution in [3.8, 4) is 12.3 Å². The molecule has 2 atom stereocenters. The second-order valence-corrected chi connectivity index (χ2v) is 11.3. The van der Waals surface area contributed by atoms with Crippen LogP contribution in [0.3, 0.4) is 0 Å². The maximum absolute atomic E-state index is 14.0. The molecule has 1 amide bonds. The first kappa shape index (κ1) is 30.3. The van der Waals surface area contributed by atoms with Crippen molar-refractivity contribution in [1.29, 1.82) is 0 Å². The van der Waals surface area contributed by atoms with E-state index in [-0.39, 0.29) is 24.2 Å². The number of amides is 1. The van der Waals surface area contributed by atoms with Gasteiger partial charge < -0.3 is 25.4 Å². The Kier molecular flexibility index (Phi) is 9.67. The fourth-order valence-corrected chi connectivity index (χ4v) is 5.50. The molecule has 2 fully saturated rings. The number of alkyl halides is 1. The molecule has 2 aliphatic rings. The first-order valence-electron chi connectivity index (χ1n) is 13.8. The molecule has 1 aromatic heterocycles. The number of aliphatic hydroxyl groups excluding tert-OH is 1. The molecule has 0 spiro atoms. The Morgan fingerprint density at radius 1 is 1.14 bits per heavy atom. The molecule has 11 heteroatoms. The number of aromatic nitrogens is 2. The lowest BCUT2D eigenvalue weighted by Crippen LogP contribution is -2.50. The predicted molar refractivity (Wildman–Crippen MR) is 163 cm³/mol. The van der Waals surface area contributed by atoms with Gasteiger partial charge in [-0.1, -0.05) is 40.6 Å². The van der Waals surface area contributed by atoms with Crippen LogP contribution in [-0.2, 0) is 21.1 Å². The van der Waals surface area contributed by atoms with E-state index < -0.39 is 29.7 Å². The molecule has 5 rings (SSSR count). The average molecular weight is 688 g/mol. The number of anilines is 1. The summed E-state index contributed by atoms with van der Waals surface area (Å²) in [5.74, 6) is 1.80. The molecule has 0 bridgehead atoms. The van der Waals surface area contributed by atoms with E-state index in [1.165, 1.54) is 12.1 Å². The van der Waals surface area contributed by atoms with Gasteiger partial charge in [0, 0.05) is 42.9 Å². The highest BCUT2D eigenvalue weighted by atomic mass is 127. The van der Waals surface area contributed by atoms with Gasteiger partial charge in [-0.05, 0) is 54.7 Å². The Bertz CT molecular complexity index is 1450. The zero-order chi connectivity index (χ0) is 29.7. The number of carbonyl (C=O) groups is 1. The molecule has 1 saturated carbocycles. The summed E-state index contributed by atoms with van der Waals surface area (Å²) in [5.41, 5.74) is 1.93. The summed E-state index contributed by atoms with van der Waals surface area (Å²) in [6.45, 7) is 2.53. The number of halogens is 3. The van der Waals surface area contributed by atoms with Gasteiger partial charge >= 0.3 is 0 Å². The van der Waals surface area contributed by atoms with Crippen LogP contribution >= 0.6 is 22.6 Å². The third-order valence-corrected chi connectivity index (χ3v) is 8.27. The summed E-state index contributed by atoms with van der Waals surface area (Å²) in [6.07, 6.45) is 6.23. The van der Waals surface area contributed by atoms with Crippen molar-refractivity contribution in [2.45, 2.75) is 41.4 Å². The highest BCUT2D eigenvalue weighted by molar-refractivity contribution is 14.1. The van der Waals surface area contributed by atoms with Gasteiger partial charge in [0.25, 0.3) is 5.91 Å². The summed E-state index contributed by atoms with van der Waals surface area (Å²) in [5, 5.41) is 17.7. The monoisotopic (exact) mass is 687 g/mol. The third-order valence-electron chi connectivity index (χ3n) is 7.59. The maximum atomic E-state index is 14.0. The van der Waals surface area contributed by atoms with Gasteiger partial charge in [0.1, 0.15) is 29.0 Å². The predicted octanol–water partition coefficient (Wildman–Crippen LogP) is 3.49. The lowest BCUT2D eigenvalue weighted by molar-refractivity contribution is 0.0817. The fourth-order valence-electron chi connectivity index (χ4n) is 5.16. The van der Waals surface area contributed by atoms with Crippen LogP contribution in [0.1, 0.15) is 45.8 Å². The van der Waals surface area contributed by atoms with Gasteiger partial charge in [-0.3, -0.25) is 4.79 Å². The molecule has 2 heterocycles. The first-order valence-corrected chi connectivity index (χ1v) is 15.3. The van der Waals surface area contributed by atoms with Crippen LogP contribution in [0.4, 0.5) is 14.6 Å². The second kappa shape index (κ2) is 13.4. The lowest BCUT2D eigenvalue weighted by atomic mass is 9.98. The van der Waals surface area contributed by atoms with Gasteiger partial charge in [-0.25, -0.2) is 18.7 Å². The minimum atomic E-state index is -1.09. The second-order valence-electron chi connectivity index (χ2n) is 10.6. The molecule has 8 nitrogen and oxygen atoms in total. The van der Waals surface area contributed by atoms with Crippen molar-refractivity contribution in [2.75, 3.05) is 37.7 Å². The third kappa shape index (κ3) is 7.42. The molecule has 42 heavy (non-hydrogen) atoms. The topological polar surface area (TPSA) is 99.6 Å². The van der Waals surface area contributed by atoms with Crippen molar-refractivity contribution < 1.29 is 23.4 Å². The molecular formula is C31H32F2IN5O3. The van der Waals surface area contributed by atoms with Crippen molar-refractivity contribution >= 4 is 34.3 Å². The molecule has 3 N–H and O–H groups in total. The highest BCUT2D eigenvalue weighted by Crippen LogP contribution is 2.45. The van der Waals surface area contributed by atoms with E-state index >= 15 is 0 Å². The van der Waals surface area contributed by atoms with Crippen molar-refractivity contribution in [2.24, 2.45) is 0 Å². The summed E-state index contributed by atoms with van der Waals surface area (Å²) in [4.78, 5) is 24.6. The molecule has 1 aliphatic heterocycles. The molecule has 3 aromatic rings. The molecule has 0 radical (unpaired) electrons.